The number of fused-ring (bicyclic) bond motifs is 2. The van der Waals surface area contributed by atoms with Crippen molar-refractivity contribution in [3.8, 4) is 5.69 Å². The van der Waals surface area contributed by atoms with Gasteiger partial charge in [-0.2, -0.15) is 10.2 Å². The quantitative estimate of drug-likeness (QED) is 0.609. The predicted molar refractivity (Wildman–Crippen MR) is 98.1 cm³/mol. The van der Waals surface area contributed by atoms with Crippen LogP contribution in [0.1, 0.15) is 23.6 Å². The zero-order chi connectivity index (χ0) is 16.1. The maximum atomic E-state index is 4.80. The van der Waals surface area contributed by atoms with Crippen molar-refractivity contribution < 1.29 is 0 Å². The molecule has 1 fully saturated rings. The second-order valence-electron chi connectivity index (χ2n) is 6.54. The van der Waals surface area contributed by atoms with Crippen LogP contribution in [0.4, 0.5) is 0 Å². The highest BCUT2D eigenvalue weighted by Crippen LogP contribution is 2.35. The van der Waals surface area contributed by atoms with Gasteiger partial charge in [-0.3, -0.25) is 4.68 Å². The fourth-order valence-electron chi connectivity index (χ4n) is 3.56. The number of benzene rings is 1. The Balaban J connectivity index is 1.51. The second-order valence-corrected chi connectivity index (χ2v) is 7.66. The molecule has 0 bridgehead atoms. The molecule has 1 aliphatic heterocycles. The molecule has 4 heterocycles. The van der Waals surface area contributed by atoms with Crippen molar-refractivity contribution in [3.63, 3.8) is 0 Å². The number of piperidine rings is 1. The van der Waals surface area contributed by atoms with Gasteiger partial charge in [0.15, 0.2) is 0 Å². The van der Waals surface area contributed by atoms with Crippen LogP contribution in [0.3, 0.4) is 0 Å². The number of hydrogen-bond acceptors (Lipinski definition) is 4. The standard InChI is InChI=1S/C18H19N5S/c1-22-10-13-8-14(2-3-15(13)20-22)23-11-18-16(21-23)9-17(24-18)12-4-6-19-7-5-12/h2-3,8-12,19H,4-7H2,1H3. The molecule has 1 aromatic carbocycles. The summed E-state index contributed by atoms with van der Waals surface area (Å²) in [4.78, 5) is 1.49. The van der Waals surface area contributed by atoms with Gasteiger partial charge < -0.3 is 5.32 Å². The Morgan fingerprint density at radius 1 is 1.08 bits per heavy atom. The van der Waals surface area contributed by atoms with E-state index in [0.29, 0.717) is 5.92 Å². The SMILES string of the molecule is Cn1cc2cc(-n3cc4sc(C5CCNCC5)cc4n3)ccc2n1. The molecule has 1 N–H and O–H groups in total. The summed E-state index contributed by atoms with van der Waals surface area (Å²) in [6, 6.07) is 8.57. The van der Waals surface area contributed by atoms with Crippen molar-refractivity contribution in [2.45, 2.75) is 18.8 Å². The summed E-state index contributed by atoms with van der Waals surface area (Å²) < 4.78 is 5.11. The highest BCUT2D eigenvalue weighted by atomic mass is 32.1. The molecule has 1 aliphatic rings. The van der Waals surface area contributed by atoms with Gasteiger partial charge >= 0.3 is 0 Å². The fourth-order valence-corrected chi connectivity index (χ4v) is 4.74. The van der Waals surface area contributed by atoms with Crippen LogP contribution in [-0.2, 0) is 7.05 Å². The molecular weight excluding hydrogens is 318 g/mol. The van der Waals surface area contributed by atoms with Crippen LogP contribution in [0.5, 0.6) is 0 Å². The van der Waals surface area contributed by atoms with Gasteiger partial charge in [-0.1, -0.05) is 0 Å². The van der Waals surface area contributed by atoms with E-state index < -0.39 is 0 Å². The highest BCUT2D eigenvalue weighted by molar-refractivity contribution is 7.19. The lowest BCUT2D eigenvalue weighted by Crippen LogP contribution is -2.26. The molecule has 0 spiro atoms. The molecule has 0 unspecified atom stereocenters. The molecule has 6 heteroatoms. The molecule has 0 aliphatic carbocycles. The van der Waals surface area contributed by atoms with Crippen molar-refractivity contribution >= 4 is 32.5 Å². The number of nitrogens with zero attached hydrogens (tertiary/aromatic N) is 4. The molecule has 3 aromatic heterocycles. The summed E-state index contributed by atoms with van der Waals surface area (Å²) in [5.41, 5.74) is 3.21. The van der Waals surface area contributed by atoms with Gasteiger partial charge in [0, 0.05) is 29.7 Å². The van der Waals surface area contributed by atoms with Crippen LogP contribution in [-0.4, -0.2) is 32.7 Å². The van der Waals surface area contributed by atoms with E-state index in [-0.39, 0.29) is 0 Å². The number of thiophene rings is 1. The van der Waals surface area contributed by atoms with E-state index in [1.807, 2.05) is 33.9 Å². The van der Waals surface area contributed by atoms with E-state index in [1.54, 1.807) is 0 Å². The molecule has 0 saturated carbocycles. The lowest BCUT2D eigenvalue weighted by Gasteiger charge is -2.21. The molecule has 4 aromatic rings. The van der Waals surface area contributed by atoms with E-state index in [1.165, 1.54) is 22.4 Å². The third kappa shape index (κ3) is 2.34. The number of nitrogens with one attached hydrogen (secondary N) is 1. The zero-order valence-corrected chi connectivity index (χ0v) is 14.4. The Labute approximate surface area is 143 Å². The van der Waals surface area contributed by atoms with E-state index in [4.69, 9.17) is 5.10 Å². The van der Waals surface area contributed by atoms with Gasteiger partial charge in [-0.25, -0.2) is 4.68 Å². The molecule has 1 saturated heterocycles. The monoisotopic (exact) mass is 337 g/mol. The molecule has 0 atom stereocenters. The summed E-state index contributed by atoms with van der Waals surface area (Å²) in [7, 11) is 1.95. The minimum absolute atomic E-state index is 0.700. The minimum Gasteiger partial charge on any atom is -0.317 e. The fraction of sp³-hybridized carbons (Fsp3) is 0.333. The predicted octanol–water partition coefficient (Wildman–Crippen LogP) is 3.44. The Bertz CT molecular complexity index is 987. The van der Waals surface area contributed by atoms with E-state index in [0.717, 1.165) is 35.2 Å². The molecule has 0 amide bonds. The van der Waals surface area contributed by atoms with E-state index in [9.17, 15) is 0 Å². The number of hydrogen-bond donors (Lipinski definition) is 1. The summed E-state index contributed by atoms with van der Waals surface area (Å²) in [6.45, 7) is 2.26. The average molecular weight is 337 g/mol. The molecule has 122 valence electrons. The van der Waals surface area contributed by atoms with Crippen molar-refractivity contribution in [2.24, 2.45) is 7.05 Å². The van der Waals surface area contributed by atoms with E-state index in [2.05, 4.69) is 40.9 Å². The van der Waals surface area contributed by atoms with Crippen molar-refractivity contribution in [1.29, 1.82) is 0 Å². The summed E-state index contributed by atoms with van der Waals surface area (Å²) in [6.07, 6.45) is 6.67. The molecule has 24 heavy (non-hydrogen) atoms. The maximum absolute atomic E-state index is 4.80. The number of rotatable bonds is 2. The summed E-state index contributed by atoms with van der Waals surface area (Å²) >= 11 is 1.90. The van der Waals surface area contributed by atoms with Crippen LogP contribution in [0.25, 0.3) is 26.8 Å². The van der Waals surface area contributed by atoms with Gasteiger partial charge in [0.2, 0.25) is 0 Å². The first kappa shape index (κ1) is 14.2. The normalized spacial score (nSPS) is 16.4. The molecule has 5 rings (SSSR count). The lowest BCUT2D eigenvalue weighted by molar-refractivity contribution is 0.465. The Kier molecular flexibility index (Phi) is 3.21. The van der Waals surface area contributed by atoms with Crippen LogP contribution >= 0.6 is 11.3 Å². The van der Waals surface area contributed by atoms with Crippen LogP contribution < -0.4 is 5.32 Å². The third-order valence-corrected chi connectivity index (χ3v) is 6.04. The van der Waals surface area contributed by atoms with Crippen LogP contribution in [0.15, 0.2) is 36.7 Å². The van der Waals surface area contributed by atoms with Crippen LogP contribution in [0, 0.1) is 0 Å². The average Bonchev–Trinajstić information content (AvgIpc) is 3.26. The minimum atomic E-state index is 0.700. The summed E-state index contributed by atoms with van der Waals surface area (Å²) in [5.74, 6) is 0.700. The van der Waals surface area contributed by atoms with E-state index >= 15 is 0 Å². The highest BCUT2D eigenvalue weighted by Gasteiger charge is 2.18. The number of aromatic nitrogens is 4. The van der Waals surface area contributed by atoms with Gasteiger partial charge in [-0.15, -0.1) is 11.3 Å². The Morgan fingerprint density at radius 3 is 2.79 bits per heavy atom. The smallest absolute Gasteiger partial charge is 0.104 e. The molecule has 0 radical (unpaired) electrons. The molecular formula is C18H19N5S. The van der Waals surface area contributed by atoms with Crippen molar-refractivity contribution in [1.82, 2.24) is 24.9 Å². The van der Waals surface area contributed by atoms with Gasteiger partial charge in [0.1, 0.15) is 5.52 Å². The number of aryl methyl sites for hydroxylation is 1. The second kappa shape index (κ2) is 5.43. The lowest BCUT2D eigenvalue weighted by atomic mass is 9.96. The maximum Gasteiger partial charge on any atom is 0.104 e. The van der Waals surface area contributed by atoms with Gasteiger partial charge in [0.25, 0.3) is 0 Å². The zero-order valence-electron chi connectivity index (χ0n) is 13.6. The summed E-state index contributed by atoms with van der Waals surface area (Å²) in [5, 5.41) is 13.8. The van der Waals surface area contributed by atoms with Gasteiger partial charge in [-0.05, 0) is 56.1 Å². The third-order valence-electron chi connectivity index (χ3n) is 4.82. The largest absolute Gasteiger partial charge is 0.317 e. The van der Waals surface area contributed by atoms with Gasteiger partial charge in [0.05, 0.1) is 15.9 Å². The first-order valence-corrected chi connectivity index (χ1v) is 9.21. The van der Waals surface area contributed by atoms with Crippen molar-refractivity contribution in [2.75, 3.05) is 13.1 Å². The Hall–Kier alpha value is -2.18. The first-order chi connectivity index (χ1) is 11.8. The van der Waals surface area contributed by atoms with Crippen LogP contribution in [0.2, 0.25) is 0 Å². The topological polar surface area (TPSA) is 47.7 Å². The molecule has 5 nitrogen and oxygen atoms in total. The Morgan fingerprint density at radius 2 is 1.96 bits per heavy atom. The van der Waals surface area contributed by atoms with Crippen molar-refractivity contribution in [3.05, 3.63) is 41.5 Å². The first-order valence-electron chi connectivity index (χ1n) is 8.40.